The molecule has 3 aromatic rings. The van der Waals surface area contributed by atoms with E-state index in [1.807, 2.05) is 6.07 Å². The van der Waals surface area contributed by atoms with Crippen LogP contribution in [-0.4, -0.2) is 17.5 Å². The number of ether oxygens (including phenoxy) is 3. The summed E-state index contributed by atoms with van der Waals surface area (Å²) in [5.41, 5.74) is 7.39. The number of carbonyl (C=O) groups excluding carboxylic acids is 1. The van der Waals surface area contributed by atoms with Crippen molar-refractivity contribution in [3.8, 4) is 23.3 Å². The lowest BCUT2D eigenvalue weighted by molar-refractivity contribution is -0.384. The van der Waals surface area contributed by atoms with Crippen LogP contribution in [-0.2, 0) is 0 Å². The Balaban J connectivity index is 1.62. The Morgan fingerprint density at radius 1 is 1.17 bits per heavy atom. The van der Waals surface area contributed by atoms with Crippen LogP contribution in [0, 0.1) is 21.4 Å². The molecule has 2 N–H and O–H groups in total. The topological polar surface area (TPSA) is 138 Å². The van der Waals surface area contributed by atoms with Gasteiger partial charge in [0.05, 0.1) is 16.4 Å². The Kier molecular flexibility index (Phi) is 6.46. The highest BCUT2D eigenvalue weighted by atomic mass is 16.6. The lowest BCUT2D eigenvalue weighted by Crippen LogP contribution is -2.21. The molecule has 0 saturated carbocycles. The lowest BCUT2D eigenvalue weighted by atomic mass is 9.83. The van der Waals surface area contributed by atoms with Crippen LogP contribution in [0.4, 0.5) is 5.69 Å². The van der Waals surface area contributed by atoms with Gasteiger partial charge in [-0.1, -0.05) is 30.9 Å². The Labute approximate surface area is 200 Å². The number of hydrogen-bond acceptors (Lipinski definition) is 8. The number of allylic oxidation sites excluding steroid dienone is 1. The van der Waals surface area contributed by atoms with Gasteiger partial charge in [0.15, 0.2) is 0 Å². The number of esters is 1. The highest BCUT2D eigenvalue weighted by molar-refractivity contribution is 5.91. The smallest absolute Gasteiger partial charge is 0.343 e. The summed E-state index contributed by atoms with van der Waals surface area (Å²) < 4.78 is 16.5. The SMILES string of the molecule is C=CCOc1ccc(C(=O)Oc2ccc3c(c2)OC(N)=C(C#N)C3c2cccc([N+](=O)[O-])c2)cc1. The molecule has 1 aliphatic heterocycles. The van der Waals surface area contributed by atoms with Crippen LogP contribution in [0.25, 0.3) is 0 Å². The van der Waals surface area contributed by atoms with Gasteiger partial charge in [-0.05, 0) is 35.9 Å². The van der Waals surface area contributed by atoms with Gasteiger partial charge in [0.2, 0.25) is 5.88 Å². The predicted octanol–water partition coefficient (Wildman–Crippen LogP) is 4.60. The van der Waals surface area contributed by atoms with E-state index in [0.717, 1.165) is 0 Å². The normalized spacial score (nSPS) is 14.2. The van der Waals surface area contributed by atoms with Gasteiger partial charge in [-0.15, -0.1) is 0 Å². The van der Waals surface area contributed by atoms with E-state index in [4.69, 9.17) is 19.9 Å². The first kappa shape index (κ1) is 23.1. The van der Waals surface area contributed by atoms with Crippen LogP contribution < -0.4 is 19.9 Å². The van der Waals surface area contributed by atoms with Crippen molar-refractivity contribution in [1.29, 1.82) is 5.26 Å². The zero-order chi connectivity index (χ0) is 24.9. The molecule has 9 heteroatoms. The molecule has 0 radical (unpaired) electrons. The summed E-state index contributed by atoms with van der Waals surface area (Å²) in [6, 6.07) is 19.1. The average Bonchev–Trinajstić information content (AvgIpc) is 2.86. The van der Waals surface area contributed by atoms with Crippen molar-refractivity contribution in [2.24, 2.45) is 5.73 Å². The molecule has 0 aromatic heterocycles. The Morgan fingerprint density at radius 3 is 2.60 bits per heavy atom. The van der Waals surface area contributed by atoms with Crippen LogP contribution in [0.2, 0.25) is 0 Å². The molecule has 0 aliphatic carbocycles. The third-order valence-electron chi connectivity index (χ3n) is 5.27. The van der Waals surface area contributed by atoms with Crippen molar-refractivity contribution in [3.05, 3.63) is 118 Å². The number of nitro groups is 1. The van der Waals surface area contributed by atoms with Crippen molar-refractivity contribution in [2.45, 2.75) is 5.92 Å². The summed E-state index contributed by atoms with van der Waals surface area (Å²) in [6.07, 6.45) is 1.62. The second kappa shape index (κ2) is 9.80. The Hall–Kier alpha value is -5.10. The number of nitriles is 1. The molecule has 0 bridgehead atoms. The van der Waals surface area contributed by atoms with Crippen LogP contribution in [0.5, 0.6) is 17.2 Å². The van der Waals surface area contributed by atoms with Gasteiger partial charge in [0, 0.05) is 23.8 Å². The van der Waals surface area contributed by atoms with E-state index in [1.54, 1.807) is 48.5 Å². The molecular formula is C26H19N3O6. The van der Waals surface area contributed by atoms with Crippen molar-refractivity contribution < 1.29 is 23.9 Å². The molecule has 1 atom stereocenters. The summed E-state index contributed by atoms with van der Waals surface area (Å²) in [6.45, 7) is 3.93. The van der Waals surface area contributed by atoms with E-state index >= 15 is 0 Å². The summed E-state index contributed by atoms with van der Waals surface area (Å²) >= 11 is 0. The van der Waals surface area contributed by atoms with Gasteiger partial charge in [0.25, 0.3) is 5.69 Å². The first-order valence-corrected chi connectivity index (χ1v) is 10.4. The van der Waals surface area contributed by atoms with Crippen molar-refractivity contribution >= 4 is 11.7 Å². The highest BCUT2D eigenvalue weighted by Crippen LogP contribution is 2.44. The Bertz CT molecular complexity index is 1390. The molecule has 1 unspecified atom stereocenters. The third kappa shape index (κ3) is 4.82. The van der Waals surface area contributed by atoms with E-state index in [1.165, 1.54) is 24.3 Å². The zero-order valence-electron chi connectivity index (χ0n) is 18.3. The van der Waals surface area contributed by atoms with E-state index in [9.17, 15) is 20.2 Å². The largest absolute Gasteiger partial charge is 0.490 e. The predicted molar refractivity (Wildman–Crippen MR) is 126 cm³/mol. The van der Waals surface area contributed by atoms with E-state index < -0.39 is 16.8 Å². The number of benzene rings is 3. The van der Waals surface area contributed by atoms with Gasteiger partial charge in [0.1, 0.15) is 35.5 Å². The maximum Gasteiger partial charge on any atom is 0.343 e. The minimum Gasteiger partial charge on any atom is -0.490 e. The fourth-order valence-corrected chi connectivity index (χ4v) is 3.67. The number of rotatable bonds is 7. The summed E-state index contributed by atoms with van der Waals surface area (Å²) in [7, 11) is 0. The number of nitrogens with two attached hydrogens (primary N) is 1. The fourth-order valence-electron chi connectivity index (χ4n) is 3.67. The Morgan fingerprint density at radius 2 is 1.91 bits per heavy atom. The standard InChI is InChI=1S/C26H19N3O6/c1-2-12-33-19-8-6-16(7-9-19)26(30)34-20-10-11-21-23(14-20)35-25(28)22(15-27)24(21)17-4-3-5-18(13-17)29(31)32/h2-11,13-14,24H,1,12,28H2. The van der Waals surface area contributed by atoms with Crippen LogP contribution in [0.3, 0.4) is 0 Å². The molecule has 4 rings (SSSR count). The molecule has 1 aliphatic rings. The second-order valence-corrected chi connectivity index (χ2v) is 7.49. The van der Waals surface area contributed by atoms with Crippen LogP contribution in [0.15, 0.2) is 90.8 Å². The molecule has 3 aromatic carbocycles. The molecule has 9 nitrogen and oxygen atoms in total. The van der Waals surface area contributed by atoms with E-state index in [2.05, 4.69) is 6.58 Å². The zero-order valence-corrected chi connectivity index (χ0v) is 18.3. The third-order valence-corrected chi connectivity index (χ3v) is 5.27. The van der Waals surface area contributed by atoms with E-state index in [0.29, 0.717) is 29.0 Å². The molecule has 1 heterocycles. The van der Waals surface area contributed by atoms with Gasteiger partial charge >= 0.3 is 5.97 Å². The van der Waals surface area contributed by atoms with Gasteiger partial charge in [-0.3, -0.25) is 10.1 Å². The molecule has 0 spiro atoms. The number of nitrogens with zero attached hydrogens (tertiary/aromatic N) is 2. The number of hydrogen-bond donors (Lipinski definition) is 1. The number of carbonyl (C=O) groups is 1. The summed E-state index contributed by atoms with van der Waals surface area (Å²) in [4.78, 5) is 23.3. The second-order valence-electron chi connectivity index (χ2n) is 7.49. The number of fused-ring (bicyclic) bond motifs is 1. The quantitative estimate of drug-likeness (QED) is 0.174. The van der Waals surface area contributed by atoms with Gasteiger partial charge < -0.3 is 19.9 Å². The average molecular weight is 469 g/mol. The van der Waals surface area contributed by atoms with Crippen LogP contribution in [0.1, 0.15) is 27.4 Å². The number of nitro benzene ring substituents is 1. The van der Waals surface area contributed by atoms with Crippen LogP contribution >= 0.6 is 0 Å². The monoisotopic (exact) mass is 469 g/mol. The molecule has 174 valence electrons. The van der Waals surface area contributed by atoms with Gasteiger partial charge in [-0.2, -0.15) is 5.26 Å². The minimum atomic E-state index is -0.684. The highest BCUT2D eigenvalue weighted by Gasteiger charge is 2.32. The maximum atomic E-state index is 12.6. The van der Waals surface area contributed by atoms with Gasteiger partial charge in [-0.25, -0.2) is 4.79 Å². The molecular weight excluding hydrogens is 450 g/mol. The summed E-state index contributed by atoms with van der Waals surface area (Å²) in [5, 5.41) is 20.9. The maximum absolute atomic E-state index is 12.6. The lowest BCUT2D eigenvalue weighted by Gasteiger charge is -2.26. The first-order valence-electron chi connectivity index (χ1n) is 10.4. The molecule has 0 amide bonds. The fraction of sp³-hybridized carbons (Fsp3) is 0.0769. The van der Waals surface area contributed by atoms with Crippen molar-refractivity contribution in [1.82, 2.24) is 0 Å². The van der Waals surface area contributed by atoms with Crippen molar-refractivity contribution in [3.63, 3.8) is 0 Å². The summed E-state index contributed by atoms with van der Waals surface area (Å²) in [5.74, 6) is -0.339. The van der Waals surface area contributed by atoms with E-state index in [-0.39, 0.29) is 28.6 Å². The molecule has 35 heavy (non-hydrogen) atoms. The molecule has 0 saturated heterocycles. The first-order chi connectivity index (χ1) is 16.9. The molecule has 0 fully saturated rings. The van der Waals surface area contributed by atoms with Crippen molar-refractivity contribution in [2.75, 3.05) is 6.61 Å². The minimum absolute atomic E-state index is 0.113. The number of non-ortho nitro benzene ring substituents is 1.